The van der Waals surface area contributed by atoms with Gasteiger partial charge in [-0.2, -0.15) is 0 Å². The van der Waals surface area contributed by atoms with Crippen molar-refractivity contribution in [1.29, 1.82) is 0 Å². The van der Waals surface area contributed by atoms with Crippen LogP contribution in [-0.2, 0) is 0 Å². The van der Waals surface area contributed by atoms with Gasteiger partial charge in [-0.05, 0) is 72.5 Å². The summed E-state index contributed by atoms with van der Waals surface area (Å²) >= 11 is 0. The van der Waals surface area contributed by atoms with E-state index < -0.39 is 0 Å². The van der Waals surface area contributed by atoms with Crippen molar-refractivity contribution in [3.8, 4) is 0 Å². The number of aliphatic hydroxyl groups is 1. The van der Waals surface area contributed by atoms with Crippen molar-refractivity contribution in [2.24, 2.45) is 0 Å². The molecule has 1 aromatic carbocycles. The number of aliphatic hydroxyl groups excluding tert-OH is 1. The second-order valence-electron chi connectivity index (χ2n) is 9.12. The zero-order valence-corrected chi connectivity index (χ0v) is 18.2. The average molecular weight is 423 g/mol. The monoisotopic (exact) mass is 422 g/mol. The summed E-state index contributed by atoms with van der Waals surface area (Å²) in [5, 5.41) is 23.8. The van der Waals surface area contributed by atoms with Gasteiger partial charge >= 0.3 is 0 Å². The topological polar surface area (TPSA) is 99.9 Å². The minimum atomic E-state index is -0.335. The summed E-state index contributed by atoms with van der Waals surface area (Å²) in [6.07, 6.45) is 5.57. The van der Waals surface area contributed by atoms with Crippen molar-refractivity contribution in [3.05, 3.63) is 51.1 Å². The Morgan fingerprint density at radius 2 is 1.87 bits per heavy atom. The molecule has 8 heteroatoms. The number of benzene rings is 1. The molecule has 31 heavy (non-hydrogen) atoms. The molecule has 1 aliphatic carbocycles. The standard InChI is InChI=1S/C23H30N6O2/c1-14-7-8-16-13-19(23(31)24-20(16)15(14)2)21(28-11-9-18(30)10-12-28)22-25-26-27-29(22)17-5-3-4-6-17/h7-8,13,17-18,21,30H,3-6,9-12H2,1-2H3,(H,24,31)/t21-/m0/s1. The molecule has 2 aliphatic rings. The van der Waals surface area contributed by atoms with Crippen LogP contribution in [0, 0.1) is 13.8 Å². The van der Waals surface area contributed by atoms with E-state index in [4.69, 9.17) is 0 Å². The van der Waals surface area contributed by atoms with E-state index >= 15 is 0 Å². The third-order valence-corrected chi connectivity index (χ3v) is 7.17. The van der Waals surface area contributed by atoms with E-state index in [9.17, 15) is 9.90 Å². The predicted molar refractivity (Wildman–Crippen MR) is 118 cm³/mol. The molecule has 2 fully saturated rings. The molecule has 0 radical (unpaired) electrons. The lowest BCUT2D eigenvalue weighted by Gasteiger charge is -2.35. The molecule has 0 bridgehead atoms. The van der Waals surface area contributed by atoms with E-state index in [1.807, 2.05) is 17.7 Å². The van der Waals surface area contributed by atoms with E-state index in [0.717, 1.165) is 40.7 Å². The first kappa shape index (κ1) is 20.3. The second kappa shape index (κ2) is 8.16. The Kier molecular flexibility index (Phi) is 5.35. The van der Waals surface area contributed by atoms with Gasteiger partial charge in [0.15, 0.2) is 5.82 Å². The lowest BCUT2D eigenvalue weighted by Crippen LogP contribution is -2.42. The highest BCUT2D eigenvalue weighted by Gasteiger charge is 2.34. The number of fused-ring (bicyclic) bond motifs is 1. The minimum Gasteiger partial charge on any atom is -0.393 e. The SMILES string of the molecule is Cc1ccc2cc([C@@H](c3nnnn3C3CCCC3)N3CCC(O)CC3)c(=O)[nH]c2c1C. The van der Waals surface area contributed by atoms with E-state index in [-0.39, 0.29) is 23.7 Å². The fourth-order valence-corrected chi connectivity index (χ4v) is 5.18. The Morgan fingerprint density at radius 1 is 1.13 bits per heavy atom. The summed E-state index contributed by atoms with van der Waals surface area (Å²) in [4.78, 5) is 18.8. The van der Waals surface area contributed by atoms with Gasteiger partial charge in [0.2, 0.25) is 0 Å². The molecule has 3 aromatic rings. The maximum atomic E-state index is 13.4. The van der Waals surface area contributed by atoms with Gasteiger partial charge in [-0.15, -0.1) is 5.10 Å². The predicted octanol–water partition coefficient (Wildman–Crippen LogP) is 2.79. The van der Waals surface area contributed by atoms with Crippen LogP contribution < -0.4 is 5.56 Å². The molecule has 1 atom stereocenters. The first-order valence-electron chi connectivity index (χ1n) is 11.4. The van der Waals surface area contributed by atoms with Gasteiger partial charge in [0, 0.05) is 18.7 Å². The van der Waals surface area contributed by atoms with E-state index in [0.29, 0.717) is 31.5 Å². The quantitative estimate of drug-likeness (QED) is 0.671. The van der Waals surface area contributed by atoms with Crippen LogP contribution in [0.3, 0.4) is 0 Å². The molecule has 5 rings (SSSR count). The summed E-state index contributed by atoms with van der Waals surface area (Å²) in [5.74, 6) is 0.733. The fraction of sp³-hybridized carbons (Fsp3) is 0.565. The molecule has 1 aliphatic heterocycles. The molecule has 0 unspecified atom stereocenters. The molecule has 164 valence electrons. The minimum absolute atomic E-state index is 0.0988. The normalized spacial score (nSPS) is 20.0. The van der Waals surface area contributed by atoms with Gasteiger partial charge in [0.05, 0.1) is 17.7 Å². The van der Waals surface area contributed by atoms with Crippen LogP contribution in [0.4, 0.5) is 0 Å². The van der Waals surface area contributed by atoms with E-state index in [1.165, 1.54) is 12.8 Å². The highest BCUT2D eigenvalue weighted by molar-refractivity contribution is 5.83. The van der Waals surface area contributed by atoms with Gasteiger partial charge in [0.25, 0.3) is 5.56 Å². The number of pyridine rings is 1. The zero-order chi connectivity index (χ0) is 21.5. The van der Waals surface area contributed by atoms with Crippen LogP contribution in [-0.4, -0.2) is 54.4 Å². The second-order valence-corrected chi connectivity index (χ2v) is 9.12. The van der Waals surface area contributed by atoms with Gasteiger partial charge in [-0.3, -0.25) is 9.69 Å². The Morgan fingerprint density at radius 3 is 2.61 bits per heavy atom. The summed E-state index contributed by atoms with van der Waals surface area (Å²) in [6.45, 7) is 5.50. The van der Waals surface area contributed by atoms with Crippen molar-refractivity contribution in [3.63, 3.8) is 0 Å². The number of aromatic amines is 1. The summed E-state index contributed by atoms with van der Waals surface area (Å²) in [5.41, 5.74) is 3.70. The van der Waals surface area contributed by atoms with Crippen LogP contribution in [0.15, 0.2) is 23.0 Å². The number of piperidine rings is 1. The third kappa shape index (κ3) is 3.68. The number of aryl methyl sites for hydroxylation is 2. The largest absolute Gasteiger partial charge is 0.393 e. The number of aromatic nitrogens is 5. The smallest absolute Gasteiger partial charge is 0.253 e. The van der Waals surface area contributed by atoms with Crippen LogP contribution in [0.25, 0.3) is 10.9 Å². The van der Waals surface area contributed by atoms with Crippen molar-refractivity contribution < 1.29 is 5.11 Å². The molecular weight excluding hydrogens is 392 g/mol. The van der Waals surface area contributed by atoms with Gasteiger partial charge < -0.3 is 10.1 Å². The number of H-pyrrole nitrogens is 1. The van der Waals surface area contributed by atoms with Gasteiger partial charge in [0.1, 0.15) is 6.04 Å². The number of tetrazole rings is 1. The van der Waals surface area contributed by atoms with Crippen molar-refractivity contribution in [2.45, 2.75) is 70.6 Å². The van der Waals surface area contributed by atoms with Gasteiger partial charge in [-0.25, -0.2) is 4.68 Å². The molecule has 0 spiro atoms. The molecule has 2 N–H and O–H groups in total. The molecule has 3 heterocycles. The summed E-state index contributed by atoms with van der Waals surface area (Å²) in [6, 6.07) is 6.11. The Bertz CT molecular complexity index is 1140. The lowest BCUT2D eigenvalue weighted by atomic mass is 9.98. The number of hydrogen-bond donors (Lipinski definition) is 2. The first-order valence-corrected chi connectivity index (χ1v) is 11.4. The fourth-order valence-electron chi connectivity index (χ4n) is 5.18. The highest BCUT2D eigenvalue weighted by atomic mass is 16.3. The number of rotatable bonds is 4. The lowest BCUT2D eigenvalue weighted by molar-refractivity contribution is 0.0654. The van der Waals surface area contributed by atoms with Crippen molar-refractivity contribution in [1.82, 2.24) is 30.1 Å². The van der Waals surface area contributed by atoms with Crippen LogP contribution >= 0.6 is 0 Å². The van der Waals surface area contributed by atoms with Gasteiger partial charge in [-0.1, -0.05) is 25.0 Å². The Hall–Kier alpha value is -2.58. The molecule has 8 nitrogen and oxygen atoms in total. The summed E-state index contributed by atoms with van der Waals surface area (Å²) < 4.78 is 1.95. The molecular formula is C23H30N6O2. The Balaban J connectivity index is 1.65. The number of nitrogens with one attached hydrogen (secondary N) is 1. The highest BCUT2D eigenvalue weighted by Crippen LogP contribution is 2.35. The van der Waals surface area contributed by atoms with Crippen molar-refractivity contribution in [2.75, 3.05) is 13.1 Å². The number of likely N-dealkylation sites (tertiary alicyclic amines) is 1. The first-order chi connectivity index (χ1) is 15.0. The average Bonchev–Trinajstić information content (AvgIpc) is 3.45. The van der Waals surface area contributed by atoms with Crippen LogP contribution in [0.1, 0.15) is 73.1 Å². The van der Waals surface area contributed by atoms with Crippen LogP contribution in [0.2, 0.25) is 0 Å². The molecule has 1 saturated carbocycles. The van der Waals surface area contributed by atoms with Crippen LogP contribution in [0.5, 0.6) is 0 Å². The number of hydrogen-bond acceptors (Lipinski definition) is 6. The third-order valence-electron chi connectivity index (χ3n) is 7.17. The molecule has 1 saturated heterocycles. The van der Waals surface area contributed by atoms with Crippen molar-refractivity contribution >= 4 is 10.9 Å². The Labute approximate surface area is 181 Å². The maximum Gasteiger partial charge on any atom is 0.253 e. The molecule has 0 amide bonds. The zero-order valence-electron chi connectivity index (χ0n) is 18.2. The maximum absolute atomic E-state index is 13.4. The van der Waals surface area contributed by atoms with E-state index in [1.54, 1.807) is 0 Å². The molecule has 2 aromatic heterocycles. The van der Waals surface area contributed by atoms with E-state index in [2.05, 4.69) is 44.5 Å². The number of nitrogens with zero attached hydrogens (tertiary/aromatic N) is 5. The summed E-state index contributed by atoms with van der Waals surface area (Å²) in [7, 11) is 0.